The lowest BCUT2D eigenvalue weighted by Crippen LogP contribution is -2.25. The topological polar surface area (TPSA) is 12.0 Å². The van der Waals surface area contributed by atoms with E-state index in [1.807, 2.05) is 7.05 Å². The van der Waals surface area contributed by atoms with Gasteiger partial charge < -0.3 is 5.32 Å². The van der Waals surface area contributed by atoms with Crippen LogP contribution in [-0.4, -0.2) is 13.6 Å². The van der Waals surface area contributed by atoms with Gasteiger partial charge in [0.05, 0.1) is 0 Å². The summed E-state index contributed by atoms with van der Waals surface area (Å²) in [5.41, 5.74) is 0.593. The lowest BCUT2D eigenvalue weighted by atomic mass is 9.89. The molecule has 1 unspecified atom stereocenters. The van der Waals surface area contributed by atoms with Gasteiger partial charge in [0.15, 0.2) is 0 Å². The molecule has 0 aliphatic carbocycles. The second-order valence-electron chi connectivity index (χ2n) is 4.50. The van der Waals surface area contributed by atoms with Crippen molar-refractivity contribution in [3.8, 4) is 0 Å². The van der Waals surface area contributed by atoms with Crippen LogP contribution in [0.5, 0.6) is 0 Å². The maximum Gasteiger partial charge on any atom is 0.129 e. The Kier molecular flexibility index (Phi) is 4.87. The quantitative estimate of drug-likeness (QED) is 0.815. The summed E-state index contributed by atoms with van der Waals surface area (Å²) in [6, 6.07) is 3.80. The summed E-state index contributed by atoms with van der Waals surface area (Å²) in [7, 11) is 1.89. The van der Waals surface area contributed by atoms with Crippen molar-refractivity contribution in [1.29, 1.82) is 0 Å². The SMILES string of the molecule is CNCC(Cc1ccc(F)cc1F)C(C)C. The highest BCUT2D eigenvalue weighted by Gasteiger charge is 2.15. The highest BCUT2D eigenvalue weighted by molar-refractivity contribution is 5.19. The van der Waals surface area contributed by atoms with Crippen LogP contribution < -0.4 is 5.32 Å². The van der Waals surface area contributed by atoms with Crippen LogP contribution in [0.1, 0.15) is 19.4 Å². The number of hydrogen-bond donors (Lipinski definition) is 1. The van der Waals surface area contributed by atoms with E-state index >= 15 is 0 Å². The van der Waals surface area contributed by atoms with Crippen molar-refractivity contribution in [3.05, 3.63) is 35.4 Å². The van der Waals surface area contributed by atoms with Gasteiger partial charge in [-0.2, -0.15) is 0 Å². The first-order valence-corrected chi connectivity index (χ1v) is 5.63. The predicted octanol–water partition coefficient (Wildman–Crippen LogP) is 3.00. The third-order valence-corrected chi connectivity index (χ3v) is 2.91. The molecule has 1 nitrogen and oxygen atoms in total. The fourth-order valence-corrected chi connectivity index (χ4v) is 1.78. The Morgan fingerprint density at radius 1 is 1.25 bits per heavy atom. The summed E-state index contributed by atoms with van der Waals surface area (Å²) in [5, 5.41) is 3.10. The van der Waals surface area contributed by atoms with Crippen molar-refractivity contribution in [3.63, 3.8) is 0 Å². The average molecular weight is 227 g/mol. The average Bonchev–Trinajstić information content (AvgIpc) is 2.20. The molecular formula is C13H19F2N. The molecule has 1 rings (SSSR count). The van der Waals surface area contributed by atoms with Gasteiger partial charge >= 0.3 is 0 Å². The lowest BCUT2D eigenvalue weighted by Gasteiger charge is -2.20. The van der Waals surface area contributed by atoms with Crippen LogP contribution in [-0.2, 0) is 6.42 Å². The fourth-order valence-electron chi connectivity index (χ4n) is 1.78. The van der Waals surface area contributed by atoms with Gasteiger partial charge in [0, 0.05) is 6.07 Å². The second-order valence-corrected chi connectivity index (χ2v) is 4.50. The molecule has 0 saturated carbocycles. The third-order valence-electron chi connectivity index (χ3n) is 2.91. The monoisotopic (exact) mass is 227 g/mol. The van der Waals surface area contributed by atoms with E-state index in [0.29, 0.717) is 23.8 Å². The summed E-state index contributed by atoms with van der Waals surface area (Å²) in [5.74, 6) is -0.125. The zero-order chi connectivity index (χ0) is 12.1. The number of rotatable bonds is 5. The van der Waals surface area contributed by atoms with Gasteiger partial charge in [-0.15, -0.1) is 0 Å². The summed E-state index contributed by atoms with van der Waals surface area (Å²) in [6.07, 6.45) is 0.643. The van der Waals surface area contributed by atoms with Gasteiger partial charge in [0.25, 0.3) is 0 Å². The molecule has 16 heavy (non-hydrogen) atoms. The molecule has 90 valence electrons. The predicted molar refractivity (Wildman–Crippen MR) is 62.3 cm³/mol. The smallest absolute Gasteiger partial charge is 0.129 e. The number of benzene rings is 1. The van der Waals surface area contributed by atoms with E-state index in [4.69, 9.17) is 0 Å². The van der Waals surface area contributed by atoms with E-state index in [9.17, 15) is 8.78 Å². The van der Waals surface area contributed by atoms with Crippen LogP contribution in [0.25, 0.3) is 0 Å². The highest BCUT2D eigenvalue weighted by atomic mass is 19.1. The molecule has 3 heteroatoms. The van der Waals surface area contributed by atoms with Gasteiger partial charge in [-0.3, -0.25) is 0 Å². The Hall–Kier alpha value is -0.960. The standard InChI is InChI=1S/C13H19F2N/c1-9(2)11(8-16-3)6-10-4-5-12(14)7-13(10)15/h4-5,7,9,11,16H,6,8H2,1-3H3. The summed E-state index contributed by atoms with van der Waals surface area (Å²) in [6.45, 7) is 5.07. The largest absolute Gasteiger partial charge is 0.319 e. The van der Waals surface area contributed by atoms with Crippen molar-refractivity contribution >= 4 is 0 Å². The van der Waals surface area contributed by atoms with Crippen LogP contribution in [0.15, 0.2) is 18.2 Å². The maximum absolute atomic E-state index is 13.5. The van der Waals surface area contributed by atoms with E-state index in [0.717, 1.165) is 12.6 Å². The van der Waals surface area contributed by atoms with Crippen molar-refractivity contribution in [1.82, 2.24) is 5.32 Å². The van der Waals surface area contributed by atoms with Crippen LogP contribution in [0.2, 0.25) is 0 Å². The van der Waals surface area contributed by atoms with Crippen LogP contribution in [0.3, 0.4) is 0 Å². The van der Waals surface area contributed by atoms with Crippen molar-refractivity contribution in [2.45, 2.75) is 20.3 Å². The Morgan fingerprint density at radius 3 is 2.44 bits per heavy atom. The molecule has 0 aliphatic heterocycles. The Morgan fingerprint density at radius 2 is 1.94 bits per heavy atom. The number of hydrogen-bond acceptors (Lipinski definition) is 1. The van der Waals surface area contributed by atoms with E-state index in [1.165, 1.54) is 12.1 Å². The molecule has 0 saturated heterocycles. The van der Waals surface area contributed by atoms with Gasteiger partial charge in [0.1, 0.15) is 11.6 Å². The molecule has 1 N–H and O–H groups in total. The molecule has 1 atom stereocenters. The first-order chi connectivity index (χ1) is 7.54. The molecule has 0 aromatic heterocycles. The molecule has 0 heterocycles. The van der Waals surface area contributed by atoms with Crippen LogP contribution in [0.4, 0.5) is 8.78 Å². The van der Waals surface area contributed by atoms with E-state index in [2.05, 4.69) is 19.2 Å². The highest BCUT2D eigenvalue weighted by Crippen LogP contribution is 2.19. The zero-order valence-corrected chi connectivity index (χ0v) is 10.1. The lowest BCUT2D eigenvalue weighted by molar-refractivity contribution is 0.365. The van der Waals surface area contributed by atoms with Crippen molar-refractivity contribution < 1.29 is 8.78 Å². The Balaban J connectivity index is 2.77. The van der Waals surface area contributed by atoms with Gasteiger partial charge in [-0.05, 0) is 43.5 Å². The fraction of sp³-hybridized carbons (Fsp3) is 0.538. The first kappa shape index (κ1) is 13.1. The molecule has 0 spiro atoms. The molecule has 1 aromatic rings. The van der Waals surface area contributed by atoms with Crippen molar-refractivity contribution in [2.24, 2.45) is 11.8 Å². The maximum atomic E-state index is 13.5. The molecule has 0 bridgehead atoms. The van der Waals surface area contributed by atoms with E-state index < -0.39 is 11.6 Å². The zero-order valence-electron chi connectivity index (χ0n) is 10.1. The molecular weight excluding hydrogens is 208 g/mol. The third kappa shape index (κ3) is 3.56. The minimum atomic E-state index is -0.518. The molecule has 0 radical (unpaired) electrons. The molecule has 1 aromatic carbocycles. The minimum absolute atomic E-state index is 0.366. The van der Waals surface area contributed by atoms with Gasteiger partial charge in [0.2, 0.25) is 0 Å². The normalized spacial score (nSPS) is 13.1. The summed E-state index contributed by atoms with van der Waals surface area (Å²) < 4.78 is 26.2. The van der Waals surface area contributed by atoms with E-state index in [1.54, 1.807) is 0 Å². The molecule has 0 aliphatic rings. The second kappa shape index (κ2) is 5.94. The molecule has 0 fully saturated rings. The van der Waals surface area contributed by atoms with E-state index in [-0.39, 0.29) is 0 Å². The minimum Gasteiger partial charge on any atom is -0.319 e. The number of nitrogens with one attached hydrogen (secondary N) is 1. The van der Waals surface area contributed by atoms with Crippen LogP contribution in [0, 0.1) is 23.5 Å². The van der Waals surface area contributed by atoms with Gasteiger partial charge in [-0.25, -0.2) is 8.78 Å². The van der Waals surface area contributed by atoms with Gasteiger partial charge in [-0.1, -0.05) is 19.9 Å². The van der Waals surface area contributed by atoms with Crippen molar-refractivity contribution in [2.75, 3.05) is 13.6 Å². The first-order valence-electron chi connectivity index (χ1n) is 5.63. The number of halogens is 2. The Bertz CT molecular complexity index is 337. The summed E-state index contributed by atoms with van der Waals surface area (Å²) in [4.78, 5) is 0. The molecule has 0 amide bonds. The van der Waals surface area contributed by atoms with Crippen LogP contribution >= 0.6 is 0 Å². The Labute approximate surface area is 95.9 Å². The summed E-state index contributed by atoms with van der Waals surface area (Å²) >= 11 is 0.